The molecular weight excluding hydrogens is 493 g/mol. The van der Waals surface area contributed by atoms with Gasteiger partial charge in [0, 0.05) is 10.7 Å². The molecule has 0 saturated heterocycles. The minimum atomic E-state index is -0.758. The zero-order chi connectivity index (χ0) is 24.7. The van der Waals surface area contributed by atoms with Crippen LogP contribution in [0.3, 0.4) is 0 Å². The first kappa shape index (κ1) is 25.4. The number of dihydropyridines is 1. The third-order valence-corrected chi connectivity index (χ3v) is 6.60. The van der Waals surface area contributed by atoms with Crippen LogP contribution in [0.25, 0.3) is 0 Å². The molecular formula is C25H21Cl2N3O3S. The van der Waals surface area contributed by atoms with Crippen LogP contribution in [0.15, 0.2) is 83.1 Å². The Labute approximate surface area is 212 Å². The smallest absolute Gasteiger partial charge is 0.337 e. The fraction of sp³-hybridized carbons (Fsp3) is 0.160. The van der Waals surface area contributed by atoms with E-state index < -0.39 is 11.9 Å². The second-order valence-corrected chi connectivity index (χ2v) is 8.98. The van der Waals surface area contributed by atoms with E-state index in [9.17, 15) is 14.9 Å². The van der Waals surface area contributed by atoms with Gasteiger partial charge in [-0.25, -0.2) is 4.79 Å². The lowest BCUT2D eigenvalue weighted by Crippen LogP contribution is -2.29. The SMILES string of the molecule is C=CCOC(=O)C1=C(C)NC(SCC(=O)Nc2ccccc2Cl)=C(C#N)C1c1ccccc1Cl. The van der Waals surface area contributed by atoms with Crippen LogP contribution in [0.2, 0.25) is 10.0 Å². The Kier molecular flexibility index (Phi) is 8.83. The summed E-state index contributed by atoms with van der Waals surface area (Å²) in [5.74, 6) is -1.62. The highest BCUT2D eigenvalue weighted by atomic mass is 35.5. The molecule has 0 saturated carbocycles. The first-order chi connectivity index (χ1) is 16.4. The third kappa shape index (κ3) is 5.84. The monoisotopic (exact) mass is 513 g/mol. The van der Waals surface area contributed by atoms with Crippen LogP contribution < -0.4 is 10.6 Å². The molecule has 174 valence electrons. The third-order valence-electron chi connectivity index (χ3n) is 4.91. The van der Waals surface area contributed by atoms with Gasteiger partial charge in [0.2, 0.25) is 5.91 Å². The molecule has 0 fully saturated rings. The van der Waals surface area contributed by atoms with Crippen molar-refractivity contribution in [3.8, 4) is 6.07 Å². The normalized spacial score (nSPS) is 15.3. The number of amides is 1. The second-order valence-electron chi connectivity index (χ2n) is 7.18. The van der Waals surface area contributed by atoms with Crippen molar-refractivity contribution in [2.24, 2.45) is 0 Å². The van der Waals surface area contributed by atoms with Crippen molar-refractivity contribution in [1.82, 2.24) is 5.32 Å². The molecule has 0 radical (unpaired) electrons. The lowest BCUT2D eigenvalue weighted by molar-refractivity contribution is -0.138. The lowest BCUT2D eigenvalue weighted by atomic mass is 9.82. The number of rotatable bonds is 8. The van der Waals surface area contributed by atoms with Crippen molar-refractivity contribution < 1.29 is 14.3 Å². The molecule has 1 amide bonds. The highest BCUT2D eigenvalue weighted by molar-refractivity contribution is 8.03. The van der Waals surface area contributed by atoms with Crippen LogP contribution in [0.5, 0.6) is 0 Å². The molecule has 1 atom stereocenters. The number of hydrogen-bond donors (Lipinski definition) is 2. The predicted octanol–water partition coefficient (Wildman–Crippen LogP) is 5.79. The van der Waals surface area contributed by atoms with Gasteiger partial charge < -0.3 is 15.4 Å². The van der Waals surface area contributed by atoms with Crippen molar-refractivity contribution in [3.63, 3.8) is 0 Å². The molecule has 0 bridgehead atoms. The van der Waals surface area contributed by atoms with E-state index in [-0.39, 0.29) is 29.4 Å². The van der Waals surface area contributed by atoms with Gasteiger partial charge in [0.25, 0.3) is 0 Å². The first-order valence-corrected chi connectivity index (χ1v) is 11.9. The Morgan fingerprint density at radius 2 is 1.88 bits per heavy atom. The number of carbonyl (C=O) groups excluding carboxylic acids is 2. The molecule has 1 unspecified atom stereocenters. The lowest BCUT2D eigenvalue weighted by Gasteiger charge is -2.29. The van der Waals surface area contributed by atoms with Gasteiger partial charge in [0.05, 0.1) is 44.6 Å². The fourth-order valence-corrected chi connectivity index (χ4v) is 4.74. The highest BCUT2D eigenvalue weighted by Gasteiger charge is 2.36. The molecule has 1 heterocycles. The number of anilines is 1. The summed E-state index contributed by atoms with van der Waals surface area (Å²) in [6, 6.07) is 16.1. The van der Waals surface area contributed by atoms with Crippen molar-refractivity contribution in [1.29, 1.82) is 5.26 Å². The van der Waals surface area contributed by atoms with Crippen LogP contribution in [-0.4, -0.2) is 24.2 Å². The average Bonchev–Trinajstić information content (AvgIpc) is 2.82. The number of esters is 1. The molecule has 2 N–H and O–H groups in total. The van der Waals surface area contributed by atoms with E-state index in [2.05, 4.69) is 23.3 Å². The van der Waals surface area contributed by atoms with E-state index >= 15 is 0 Å². The summed E-state index contributed by atoms with van der Waals surface area (Å²) >= 11 is 13.7. The molecule has 1 aliphatic rings. The second kappa shape index (κ2) is 11.8. The summed E-state index contributed by atoms with van der Waals surface area (Å²) in [5, 5.41) is 17.2. The quantitative estimate of drug-likeness (QED) is 0.342. The number of thioether (sulfide) groups is 1. The zero-order valence-electron chi connectivity index (χ0n) is 18.2. The number of ether oxygens (including phenoxy) is 1. The Balaban J connectivity index is 1.93. The Morgan fingerprint density at radius 3 is 2.53 bits per heavy atom. The van der Waals surface area contributed by atoms with E-state index in [4.69, 9.17) is 27.9 Å². The molecule has 6 nitrogen and oxygen atoms in total. The highest BCUT2D eigenvalue weighted by Crippen LogP contribution is 2.43. The number of hydrogen-bond acceptors (Lipinski definition) is 6. The van der Waals surface area contributed by atoms with Crippen LogP contribution in [0, 0.1) is 11.3 Å². The largest absolute Gasteiger partial charge is 0.458 e. The number of nitrogens with one attached hydrogen (secondary N) is 2. The van der Waals surface area contributed by atoms with Crippen molar-refractivity contribution >= 4 is 52.5 Å². The standard InChI is InChI=1S/C25H21Cl2N3O3S/c1-3-12-33-25(32)22-15(2)29-24(17(13-28)23(22)16-8-4-5-9-18(16)26)34-14-21(31)30-20-11-7-6-10-19(20)27/h3-11,23,29H,1,12,14H2,2H3,(H,30,31). The summed E-state index contributed by atoms with van der Waals surface area (Å²) < 4.78 is 5.28. The van der Waals surface area contributed by atoms with E-state index in [1.807, 2.05) is 0 Å². The number of allylic oxidation sites excluding steroid dienone is 2. The molecule has 2 aromatic carbocycles. The summed E-state index contributed by atoms with van der Waals surface area (Å²) in [4.78, 5) is 25.4. The number of nitrogens with zero attached hydrogens (tertiary/aromatic N) is 1. The van der Waals surface area contributed by atoms with Gasteiger partial charge in [-0.2, -0.15) is 5.26 Å². The Bertz CT molecular complexity index is 1230. The fourth-order valence-electron chi connectivity index (χ4n) is 3.42. The van der Waals surface area contributed by atoms with Crippen LogP contribution in [-0.2, 0) is 14.3 Å². The maximum Gasteiger partial charge on any atom is 0.337 e. The van der Waals surface area contributed by atoms with Gasteiger partial charge in [-0.1, -0.05) is 78.0 Å². The summed E-state index contributed by atoms with van der Waals surface area (Å²) in [6.07, 6.45) is 1.47. The number of para-hydroxylation sites is 1. The molecule has 9 heteroatoms. The van der Waals surface area contributed by atoms with E-state index in [1.54, 1.807) is 55.5 Å². The number of carbonyl (C=O) groups is 2. The van der Waals surface area contributed by atoms with Crippen LogP contribution in [0.4, 0.5) is 5.69 Å². The Hall–Kier alpha value is -3.18. The maximum absolute atomic E-state index is 12.9. The number of halogens is 2. The summed E-state index contributed by atoms with van der Waals surface area (Å²) in [6.45, 7) is 5.31. The van der Waals surface area contributed by atoms with Gasteiger partial charge in [-0.3, -0.25) is 4.79 Å². The molecule has 0 aromatic heterocycles. The van der Waals surface area contributed by atoms with Crippen LogP contribution >= 0.6 is 35.0 Å². The van der Waals surface area contributed by atoms with Gasteiger partial charge in [0.15, 0.2) is 0 Å². The molecule has 34 heavy (non-hydrogen) atoms. The van der Waals surface area contributed by atoms with Gasteiger partial charge in [-0.05, 0) is 30.7 Å². The van der Waals surface area contributed by atoms with Gasteiger partial charge in [0.1, 0.15) is 6.61 Å². The molecule has 1 aliphatic heterocycles. The molecule has 2 aromatic rings. The van der Waals surface area contributed by atoms with Crippen molar-refractivity contribution in [2.45, 2.75) is 12.8 Å². The van der Waals surface area contributed by atoms with Gasteiger partial charge >= 0.3 is 5.97 Å². The topological polar surface area (TPSA) is 91.2 Å². The minimum Gasteiger partial charge on any atom is -0.458 e. The molecule has 0 spiro atoms. The van der Waals surface area contributed by atoms with E-state index in [1.165, 1.54) is 6.08 Å². The number of benzene rings is 2. The van der Waals surface area contributed by atoms with Gasteiger partial charge in [-0.15, -0.1) is 0 Å². The van der Waals surface area contributed by atoms with Crippen molar-refractivity contribution in [2.75, 3.05) is 17.7 Å². The summed E-state index contributed by atoms with van der Waals surface area (Å²) in [5.41, 5.74) is 2.13. The Morgan fingerprint density at radius 1 is 1.21 bits per heavy atom. The zero-order valence-corrected chi connectivity index (χ0v) is 20.6. The number of nitriles is 1. The van der Waals surface area contributed by atoms with E-state index in [0.29, 0.717) is 32.0 Å². The first-order valence-electron chi connectivity index (χ1n) is 10.2. The molecule has 0 aliphatic carbocycles. The average molecular weight is 514 g/mol. The predicted molar refractivity (Wildman–Crippen MR) is 136 cm³/mol. The maximum atomic E-state index is 12.9. The summed E-state index contributed by atoms with van der Waals surface area (Å²) in [7, 11) is 0. The van der Waals surface area contributed by atoms with Crippen molar-refractivity contribution in [3.05, 3.63) is 98.7 Å². The molecule has 3 rings (SSSR count). The minimum absolute atomic E-state index is 0.0114. The van der Waals surface area contributed by atoms with E-state index in [0.717, 1.165) is 11.8 Å². The van der Waals surface area contributed by atoms with Crippen LogP contribution in [0.1, 0.15) is 18.4 Å².